The lowest BCUT2D eigenvalue weighted by Crippen LogP contribution is -2.45. The Balaban J connectivity index is 1.73. The number of carbonyl (C=O) groups excluding carboxylic acids is 1. The predicted molar refractivity (Wildman–Crippen MR) is 68.2 cm³/mol. The number of aliphatic hydroxyl groups is 1. The molecule has 0 aromatic carbocycles. The molecule has 2 aliphatic rings. The SMILES string of the molecule is COCC(O)CNC(=O)C1CC2CCCCC2N1. The number of ether oxygens (including phenoxy) is 1. The van der Waals surface area contributed by atoms with E-state index in [4.69, 9.17) is 4.74 Å². The summed E-state index contributed by atoms with van der Waals surface area (Å²) in [4.78, 5) is 12.0. The molecule has 104 valence electrons. The van der Waals surface area contributed by atoms with Gasteiger partial charge in [0.2, 0.25) is 5.91 Å². The fraction of sp³-hybridized carbons (Fsp3) is 0.923. The zero-order valence-corrected chi connectivity index (χ0v) is 11.0. The molecule has 0 bridgehead atoms. The minimum atomic E-state index is -0.623. The molecule has 1 aliphatic carbocycles. The van der Waals surface area contributed by atoms with Gasteiger partial charge in [0.25, 0.3) is 0 Å². The Hall–Kier alpha value is -0.650. The molecule has 2 rings (SSSR count). The molecule has 4 unspecified atom stereocenters. The van der Waals surface area contributed by atoms with Crippen molar-refractivity contribution < 1.29 is 14.6 Å². The molecule has 4 atom stereocenters. The molecule has 1 aliphatic heterocycles. The number of hydrogen-bond acceptors (Lipinski definition) is 4. The van der Waals surface area contributed by atoms with Gasteiger partial charge in [0.15, 0.2) is 0 Å². The normalized spacial score (nSPS) is 32.9. The number of nitrogens with one attached hydrogen (secondary N) is 2. The molecular weight excluding hydrogens is 232 g/mol. The molecule has 0 radical (unpaired) electrons. The monoisotopic (exact) mass is 256 g/mol. The molecule has 1 saturated heterocycles. The van der Waals surface area contributed by atoms with Gasteiger partial charge in [-0.3, -0.25) is 4.79 Å². The van der Waals surface area contributed by atoms with Crippen LogP contribution >= 0.6 is 0 Å². The van der Waals surface area contributed by atoms with Gasteiger partial charge in [0.05, 0.1) is 18.8 Å². The number of fused-ring (bicyclic) bond motifs is 1. The molecule has 1 heterocycles. The quantitative estimate of drug-likeness (QED) is 0.649. The second-order valence-electron chi connectivity index (χ2n) is 5.46. The van der Waals surface area contributed by atoms with Crippen molar-refractivity contribution in [1.82, 2.24) is 10.6 Å². The molecule has 18 heavy (non-hydrogen) atoms. The highest BCUT2D eigenvalue weighted by atomic mass is 16.5. The smallest absolute Gasteiger partial charge is 0.237 e. The number of methoxy groups -OCH3 is 1. The molecule has 2 fully saturated rings. The van der Waals surface area contributed by atoms with E-state index in [1.165, 1.54) is 32.8 Å². The van der Waals surface area contributed by atoms with Crippen LogP contribution < -0.4 is 10.6 Å². The lowest BCUT2D eigenvalue weighted by Gasteiger charge is -2.24. The highest BCUT2D eigenvalue weighted by Crippen LogP contribution is 2.33. The largest absolute Gasteiger partial charge is 0.389 e. The lowest BCUT2D eigenvalue weighted by atomic mass is 9.85. The van der Waals surface area contributed by atoms with E-state index < -0.39 is 6.10 Å². The van der Waals surface area contributed by atoms with Crippen LogP contribution in [-0.2, 0) is 9.53 Å². The third-order valence-electron chi connectivity index (χ3n) is 4.05. The predicted octanol–water partition coefficient (Wildman–Crippen LogP) is 0.0306. The second kappa shape index (κ2) is 6.50. The van der Waals surface area contributed by atoms with Crippen molar-refractivity contribution >= 4 is 5.91 Å². The third-order valence-corrected chi connectivity index (χ3v) is 4.05. The average Bonchev–Trinajstić information content (AvgIpc) is 2.80. The second-order valence-corrected chi connectivity index (χ2v) is 5.46. The molecular formula is C13H24N2O3. The van der Waals surface area contributed by atoms with Crippen molar-refractivity contribution in [3.8, 4) is 0 Å². The highest BCUT2D eigenvalue weighted by molar-refractivity contribution is 5.82. The third kappa shape index (κ3) is 3.43. The molecule has 1 saturated carbocycles. The first-order valence-corrected chi connectivity index (χ1v) is 6.91. The van der Waals surface area contributed by atoms with Crippen molar-refractivity contribution in [2.24, 2.45) is 5.92 Å². The number of rotatable bonds is 5. The van der Waals surface area contributed by atoms with Crippen molar-refractivity contribution in [3.05, 3.63) is 0 Å². The number of aliphatic hydroxyl groups excluding tert-OH is 1. The number of amides is 1. The van der Waals surface area contributed by atoms with Crippen LogP contribution in [-0.4, -0.2) is 49.5 Å². The summed E-state index contributed by atoms with van der Waals surface area (Å²) < 4.78 is 4.82. The molecule has 1 amide bonds. The summed E-state index contributed by atoms with van der Waals surface area (Å²) in [6, 6.07) is 0.450. The summed E-state index contributed by atoms with van der Waals surface area (Å²) in [6.45, 7) is 0.518. The van der Waals surface area contributed by atoms with Crippen molar-refractivity contribution in [1.29, 1.82) is 0 Å². The van der Waals surface area contributed by atoms with Crippen LogP contribution in [0.25, 0.3) is 0 Å². The first-order valence-electron chi connectivity index (χ1n) is 6.91. The van der Waals surface area contributed by atoms with Gasteiger partial charge in [-0.25, -0.2) is 0 Å². The summed E-state index contributed by atoms with van der Waals surface area (Å²) >= 11 is 0. The van der Waals surface area contributed by atoms with Gasteiger partial charge in [-0.05, 0) is 25.2 Å². The van der Waals surface area contributed by atoms with Crippen molar-refractivity contribution in [3.63, 3.8) is 0 Å². The van der Waals surface area contributed by atoms with Gasteiger partial charge in [-0.15, -0.1) is 0 Å². The maximum atomic E-state index is 12.0. The molecule has 0 aromatic heterocycles. The standard InChI is InChI=1S/C13H24N2O3/c1-18-8-10(16)7-14-13(17)12-6-9-4-2-3-5-11(9)15-12/h9-12,15-16H,2-8H2,1H3,(H,14,17). The fourth-order valence-corrected chi connectivity index (χ4v) is 3.11. The van der Waals surface area contributed by atoms with Gasteiger partial charge < -0.3 is 20.5 Å². The Kier molecular flexibility index (Phi) is 4.97. The highest BCUT2D eigenvalue weighted by Gasteiger charge is 2.38. The molecule has 0 aromatic rings. The van der Waals surface area contributed by atoms with Gasteiger partial charge in [0, 0.05) is 19.7 Å². The van der Waals surface area contributed by atoms with Gasteiger partial charge in [-0.2, -0.15) is 0 Å². The summed E-state index contributed by atoms with van der Waals surface area (Å²) in [5.41, 5.74) is 0. The van der Waals surface area contributed by atoms with E-state index in [0.29, 0.717) is 12.0 Å². The summed E-state index contributed by atoms with van der Waals surface area (Å²) in [5.74, 6) is 0.679. The van der Waals surface area contributed by atoms with E-state index in [1.54, 1.807) is 0 Å². The van der Waals surface area contributed by atoms with Crippen LogP contribution in [0, 0.1) is 5.92 Å². The van der Waals surface area contributed by atoms with Crippen LogP contribution in [0.3, 0.4) is 0 Å². The Bertz CT molecular complexity index is 271. The minimum Gasteiger partial charge on any atom is -0.389 e. The lowest BCUT2D eigenvalue weighted by molar-refractivity contribution is -0.123. The first kappa shape index (κ1) is 13.8. The summed E-state index contributed by atoms with van der Waals surface area (Å²) in [6.07, 6.45) is 5.33. The van der Waals surface area contributed by atoms with E-state index in [9.17, 15) is 9.90 Å². The Morgan fingerprint density at radius 3 is 3.00 bits per heavy atom. The zero-order valence-electron chi connectivity index (χ0n) is 11.0. The van der Waals surface area contributed by atoms with E-state index in [0.717, 1.165) is 6.42 Å². The zero-order chi connectivity index (χ0) is 13.0. The Labute approximate surface area is 108 Å². The van der Waals surface area contributed by atoms with E-state index >= 15 is 0 Å². The van der Waals surface area contributed by atoms with Crippen molar-refractivity contribution in [2.75, 3.05) is 20.3 Å². The van der Waals surface area contributed by atoms with E-state index in [1.807, 2.05) is 0 Å². The van der Waals surface area contributed by atoms with Crippen LogP contribution in [0.15, 0.2) is 0 Å². The van der Waals surface area contributed by atoms with Crippen LogP contribution in [0.2, 0.25) is 0 Å². The minimum absolute atomic E-state index is 0.0135. The summed E-state index contributed by atoms with van der Waals surface area (Å²) in [5, 5.41) is 15.7. The fourth-order valence-electron chi connectivity index (χ4n) is 3.11. The van der Waals surface area contributed by atoms with Gasteiger partial charge in [-0.1, -0.05) is 12.8 Å². The van der Waals surface area contributed by atoms with Crippen LogP contribution in [0.4, 0.5) is 0 Å². The van der Waals surface area contributed by atoms with E-state index in [2.05, 4.69) is 10.6 Å². The van der Waals surface area contributed by atoms with Gasteiger partial charge in [0.1, 0.15) is 0 Å². The average molecular weight is 256 g/mol. The molecule has 5 heteroatoms. The first-order chi connectivity index (χ1) is 8.70. The summed E-state index contributed by atoms with van der Waals surface area (Å²) in [7, 11) is 1.54. The molecule has 0 spiro atoms. The maximum Gasteiger partial charge on any atom is 0.237 e. The van der Waals surface area contributed by atoms with Crippen LogP contribution in [0.5, 0.6) is 0 Å². The van der Waals surface area contributed by atoms with Crippen LogP contribution in [0.1, 0.15) is 32.1 Å². The molecule has 5 nitrogen and oxygen atoms in total. The topological polar surface area (TPSA) is 70.6 Å². The number of carbonyl (C=O) groups is 1. The Morgan fingerprint density at radius 2 is 2.28 bits per heavy atom. The number of hydrogen-bond donors (Lipinski definition) is 3. The van der Waals surface area contributed by atoms with E-state index in [-0.39, 0.29) is 25.1 Å². The Morgan fingerprint density at radius 1 is 1.50 bits per heavy atom. The molecule has 3 N–H and O–H groups in total. The van der Waals surface area contributed by atoms with Crippen molar-refractivity contribution in [2.45, 2.75) is 50.3 Å². The van der Waals surface area contributed by atoms with Gasteiger partial charge >= 0.3 is 0 Å². The maximum absolute atomic E-state index is 12.0.